The van der Waals surface area contributed by atoms with Crippen LogP contribution in [0, 0.1) is 6.92 Å². The lowest BCUT2D eigenvalue weighted by Gasteiger charge is -2.14. The van der Waals surface area contributed by atoms with Gasteiger partial charge in [0.15, 0.2) is 11.5 Å². The van der Waals surface area contributed by atoms with E-state index >= 15 is 0 Å². The molecule has 1 aromatic carbocycles. The molecule has 1 aromatic heterocycles. The minimum atomic E-state index is 0.369. The van der Waals surface area contributed by atoms with E-state index in [1.165, 1.54) is 12.8 Å². The third-order valence-electron chi connectivity index (χ3n) is 3.48. The fourth-order valence-electron chi connectivity index (χ4n) is 2.20. The van der Waals surface area contributed by atoms with Gasteiger partial charge in [0.05, 0.1) is 7.11 Å². The van der Waals surface area contributed by atoms with Crippen LogP contribution in [0.1, 0.15) is 29.9 Å². The topological polar surface area (TPSA) is 56.5 Å². The van der Waals surface area contributed by atoms with Crippen LogP contribution in [0.5, 0.6) is 11.5 Å². The summed E-state index contributed by atoms with van der Waals surface area (Å²) in [5, 5.41) is 7.44. The summed E-state index contributed by atoms with van der Waals surface area (Å²) in [5.41, 5.74) is 1.88. The zero-order valence-corrected chi connectivity index (χ0v) is 12.4. The number of nitrogens with zero attached hydrogens (tertiary/aromatic N) is 1. The Morgan fingerprint density at radius 3 is 2.90 bits per heavy atom. The molecule has 5 heteroatoms. The minimum absolute atomic E-state index is 0.369. The lowest BCUT2D eigenvalue weighted by Crippen LogP contribution is -2.16. The number of hydrogen-bond acceptors (Lipinski definition) is 5. The van der Waals surface area contributed by atoms with Gasteiger partial charge in [-0.05, 0) is 25.8 Å². The molecular weight excluding hydrogens is 268 g/mol. The molecule has 3 rings (SSSR count). The number of aryl methyl sites for hydroxylation is 1. The zero-order valence-electron chi connectivity index (χ0n) is 12.4. The lowest BCUT2D eigenvalue weighted by molar-refractivity contribution is 0.268. The van der Waals surface area contributed by atoms with Gasteiger partial charge in [-0.25, -0.2) is 0 Å². The van der Waals surface area contributed by atoms with Gasteiger partial charge in [-0.1, -0.05) is 17.3 Å². The minimum Gasteiger partial charge on any atom is -0.493 e. The van der Waals surface area contributed by atoms with Crippen molar-refractivity contribution in [1.82, 2.24) is 10.5 Å². The number of rotatable bonds is 7. The Labute approximate surface area is 124 Å². The van der Waals surface area contributed by atoms with Gasteiger partial charge < -0.3 is 19.3 Å². The van der Waals surface area contributed by atoms with Crippen LogP contribution in [-0.4, -0.2) is 18.3 Å². The van der Waals surface area contributed by atoms with Crippen LogP contribution in [-0.2, 0) is 13.2 Å². The second-order valence-corrected chi connectivity index (χ2v) is 5.32. The molecule has 1 N–H and O–H groups in total. The molecule has 0 bridgehead atoms. The monoisotopic (exact) mass is 288 g/mol. The Balaban J connectivity index is 1.73. The number of aromatic nitrogens is 1. The highest BCUT2D eigenvalue weighted by Gasteiger charge is 2.21. The standard InChI is InChI=1S/C16H20N2O3/c1-11-8-14(18-21-11)10-20-16-12(9-17-13-6-7-13)4-3-5-15(16)19-2/h3-5,8,13,17H,6-7,9-10H2,1-2H3. The van der Waals surface area contributed by atoms with E-state index in [0.717, 1.165) is 35.1 Å². The summed E-state index contributed by atoms with van der Waals surface area (Å²) in [5.74, 6) is 2.29. The second kappa shape index (κ2) is 6.18. The van der Waals surface area contributed by atoms with Crippen molar-refractivity contribution >= 4 is 0 Å². The molecule has 0 spiro atoms. The van der Waals surface area contributed by atoms with Crippen molar-refractivity contribution < 1.29 is 14.0 Å². The van der Waals surface area contributed by atoms with Crippen molar-refractivity contribution in [2.45, 2.75) is 39.0 Å². The van der Waals surface area contributed by atoms with E-state index in [1.54, 1.807) is 7.11 Å². The first kappa shape index (κ1) is 13.9. The van der Waals surface area contributed by atoms with Crippen LogP contribution >= 0.6 is 0 Å². The fourth-order valence-corrected chi connectivity index (χ4v) is 2.20. The van der Waals surface area contributed by atoms with Crippen LogP contribution in [0.3, 0.4) is 0 Å². The van der Waals surface area contributed by atoms with E-state index in [-0.39, 0.29) is 0 Å². The highest BCUT2D eigenvalue weighted by molar-refractivity contribution is 5.46. The highest BCUT2D eigenvalue weighted by atomic mass is 16.5. The predicted octanol–water partition coefficient (Wildman–Crippen LogP) is 2.82. The first-order valence-electron chi connectivity index (χ1n) is 7.20. The molecule has 0 saturated heterocycles. The molecule has 0 amide bonds. The van der Waals surface area contributed by atoms with E-state index in [0.29, 0.717) is 12.6 Å². The molecule has 21 heavy (non-hydrogen) atoms. The zero-order chi connectivity index (χ0) is 14.7. The lowest BCUT2D eigenvalue weighted by atomic mass is 10.2. The maximum absolute atomic E-state index is 5.92. The van der Waals surface area contributed by atoms with Gasteiger partial charge >= 0.3 is 0 Å². The molecule has 1 saturated carbocycles. The highest BCUT2D eigenvalue weighted by Crippen LogP contribution is 2.32. The third kappa shape index (κ3) is 3.55. The van der Waals surface area contributed by atoms with Gasteiger partial charge in [-0.15, -0.1) is 0 Å². The second-order valence-electron chi connectivity index (χ2n) is 5.32. The summed E-state index contributed by atoms with van der Waals surface area (Å²) >= 11 is 0. The Bertz CT molecular complexity index is 605. The van der Waals surface area contributed by atoms with Crippen molar-refractivity contribution in [1.29, 1.82) is 0 Å². The van der Waals surface area contributed by atoms with Crippen LogP contribution in [0.2, 0.25) is 0 Å². The molecule has 112 valence electrons. The number of para-hydroxylation sites is 1. The van der Waals surface area contributed by atoms with Gasteiger partial charge in [-0.3, -0.25) is 0 Å². The number of hydrogen-bond donors (Lipinski definition) is 1. The van der Waals surface area contributed by atoms with Crippen molar-refractivity contribution in [2.24, 2.45) is 0 Å². The molecule has 2 aromatic rings. The molecule has 0 unspecified atom stereocenters. The van der Waals surface area contributed by atoms with E-state index in [1.807, 2.05) is 25.1 Å². The first-order chi connectivity index (χ1) is 10.3. The Morgan fingerprint density at radius 1 is 1.38 bits per heavy atom. The maximum Gasteiger partial charge on any atom is 0.166 e. The van der Waals surface area contributed by atoms with Gasteiger partial charge in [0.2, 0.25) is 0 Å². The SMILES string of the molecule is COc1cccc(CNC2CC2)c1OCc1cc(C)on1. The van der Waals surface area contributed by atoms with Crippen molar-refractivity contribution in [3.8, 4) is 11.5 Å². The van der Waals surface area contributed by atoms with E-state index in [4.69, 9.17) is 14.0 Å². The quantitative estimate of drug-likeness (QED) is 0.849. The van der Waals surface area contributed by atoms with Gasteiger partial charge in [0.1, 0.15) is 18.1 Å². The average molecular weight is 288 g/mol. The molecule has 0 atom stereocenters. The Hall–Kier alpha value is -2.01. The molecule has 0 radical (unpaired) electrons. The van der Waals surface area contributed by atoms with Gasteiger partial charge in [0, 0.05) is 24.2 Å². The number of benzene rings is 1. The van der Waals surface area contributed by atoms with Crippen LogP contribution in [0.4, 0.5) is 0 Å². The van der Waals surface area contributed by atoms with E-state index in [9.17, 15) is 0 Å². The molecule has 1 heterocycles. The largest absolute Gasteiger partial charge is 0.493 e. The Morgan fingerprint density at radius 2 is 2.24 bits per heavy atom. The summed E-state index contributed by atoms with van der Waals surface area (Å²) in [4.78, 5) is 0. The van der Waals surface area contributed by atoms with E-state index < -0.39 is 0 Å². The summed E-state index contributed by atoms with van der Waals surface area (Å²) < 4.78 is 16.4. The normalized spacial score (nSPS) is 14.2. The predicted molar refractivity (Wildman–Crippen MR) is 78.4 cm³/mol. The molecule has 1 aliphatic rings. The summed E-state index contributed by atoms with van der Waals surface area (Å²) in [6.07, 6.45) is 2.52. The van der Waals surface area contributed by atoms with E-state index in [2.05, 4.69) is 16.5 Å². The molecule has 1 fully saturated rings. The van der Waals surface area contributed by atoms with Crippen LogP contribution < -0.4 is 14.8 Å². The summed E-state index contributed by atoms with van der Waals surface area (Å²) in [7, 11) is 1.65. The first-order valence-corrected chi connectivity index (χ1v) is 7.20. The smallest absolute Gasteiger partial charge is 0.166 e. The Kier molecular flexibility index (Phi) is 4.10. The number of ether oxygens (including phenoxy) is 2. The third-order valence-corrected chi connectivity index (χ3v) is 3.48. The van der Waals surface area contributed by atoms with Crippen molar-refractivity contribution in [3.63, 3.8) is 0 Å². The summed E-state index contributed by atoms with van der Waals surface area (Å²) in [6, 6.07) is 8.47. The average Bonchev–Trinajstić information content (AvgIpc) is 3.24. The molecule has 0 aliphatic heterocycles. The number of nitrogens with one attached hydrogen (secondary N) is 1. The van der Waals surface area contributed by atoms with Crippen LogP contribution in [0.25, 0.3) is 0 Å². The fraction of sp³-hybridized carbons (Fsp3) is 0.438. The van der Waals surface area contributed by atoms with Gasteiger partial charge in [-0.2, -0.15) is 0 Å². The number of methoxy groups -OCH3 is 1. The van der Waals surface area contributed by atoms with Gasteiger partial charge in [0.25, 0.3) is 0 Å². The maximum atomic E-state index is 5.92. The van der Waals surface area contributed by atoms with Crippen molar-refractivity contribution in [3.05, 3.63) is 41.3 Å². The van der Waals surface area contributed by atoms with Crippen molar-refractivity contribution in [2.75, 3.05) is 7.11 Å². The molecule has 1 aliphatic carbocycles. The molecular formula is C16H20N2O3. The molecule has 5 nitrogen and oxygen atoms in total. The summed E-state index contributed by atoms with van der Waals surface area (Å²) in [6.45, 7) is 3.02. The van der Waals surface area contributed by atoms with Crippen LogP contribution in [0.15, 0.2) is 28.8 Å².